The lowest BCUT2D eigenvalue weighted by Gasteiger charge is -2.12. The molecule has 1 aromatic carbocycles. The number of hydrogen-bond acceptors (Lipinski definition) is 2. The van der Waals surface area contributed by atoms with Gasteiger partial charge in [0, 0.05) is 22.9 Å². The monoisotopic (exact) mass is 202 g/mol. The first-order chi connectivity index (χ1) is 7.27. The Morgan fingerprint density at radius 1 is 1.33 bits per heavy atom. The van der Waals surface area contributed by atoms with Gasteiger partial charge in [0.05, 0.1) is 12.9 Å². The summed E-state index contributed by atoms with van der Waals surface area (Å²) in [6, 6.07) is 4.15. The normalized spacial score (nSPS) is 14.6. The van der Waals surface area contributed by atoms with Crippen LogP contribution in [0.5, 0.6) is 5.75 Å². The van der Waals surface area contributed by atoms with E-state index in [-0.39, 0.29) is 0 Å². The molecule has 0 atom stereocenters. The molecule has 0 amide bonds. The van der Waals surface area contributed by atoms with E-state index in [4.69, 9.17) is 9.15 Å². The van der Waals surface area contributed by atoms with Gasteiger partial charge in [-0.3, -0.25) is 0 Å². The van der Waals surface area contributed by atoms with Crippen molar-refractivity contribution in [2.24, 2.45) is 0 Å². The van der Waals surface area contributed by atoms with Gasteiger partial charge in [0.25, 0.3) is 0 Å². The van der Waals surface area contributed by atoms with Crippen LogP contribution in [0.3, 0.4) is 0 Å². The van der Waals surface area contributed by atoms with Gasteiger partial charge in [0.15, 0.2) is 0 Å². The first kappa shape index (κ1) is 8.84. The zero-order valence-electron chi connectivity index (χ0n) is 9.04. The molecular weight excluding hydrogens is 188 g/mol. The second kappa shape index (κ2) is 3.02. The molecule has 0 spiro atoms. The quantitative estimate of drug-likeness (QED) is 0.706. The van der Waals surface area contributed by atoms with Gasteiger partial charge < -0.3 is 9.15 Å². The minimum atomic E-state index is 0.471. The molecule has 1 aromatic heterocycles. The number of benzene rings is 1. The van der Waals surface area contributed by atoms with Gasteiger partial charge >= 0.3 is 0 Å². The Kier molecular flexibility index (Phi) is 1.78. The lowest BCUT2D eigenvalue weighted by atomic mass is 9.95. The highest BCUT2D eigenvalue weighted by Crippen LogP contribution is 2.40. The van der Waals surface area contributed by atoms with Crippen LogP contribution in [0.1, 0.15) is 30.9 Å². The third-order valence-corrected chi connectivity index (χ3v) is 3.02. The number of fused-ring (bicyclic) bond motifs is 2. The number of hydrogen-bond donors (Lipinski definition) is 0. The number of furan rings is 1. The first-order valence-electron chi connectivity index (χ1n) is 5.43. The van der Waals surface area contributed by atoms with Crippen molar-refractivity contribution in [1.29, 1.82) is 0 Å². The van der Waals surface area contributed by atoms with E-state index in [1.807, 2.05) is 6.07 Å². The van der Waals surface area contributed by atoms with Crippen molar-refractivity contribution in [2.75, 3.05) is 6.61 Å². The second-order valence-electron chi connectivity index (χ2n) is 4.36. The van der Waals surface area contributed by atoms with Crippen molar-refractivity contribution in [2.45, 2.75) is 26.2 Å². The topological polar surface area (TPSA) is 22.4 Å². The lowest BCUT2D eigenvalue weighted by Crippen LogP contribution is -1.94. The van der Waals surface area contributed by atoms with Crippen molar-refractivity contribution >= 4 is 11.0 Å². The summed E-state index contributed by atoms with van der Waals surface area (Å²) >= 11 is 0. The van der Waals surface area contributed by atoms with Crippen LogP contribution in [0.25, 0.3) is 11.0 Å². The van der Waals surface area contributed by atoms with E-state index >= 15 is 0 Å². The number of ether oxygens (including phenoxy) is 1. The maximum absolute atomic E-state index is 5.73. The molecule has 0 aliphatic carbocycles. The molecule has 0 bridgehead atoms. The summed E-state index contributed by atoms with van der Waals surface area (Å²) in [4.78, 5) is 0. The summed E-state index contributed by atoms with van der Waals surface area (Å²) in [6.07, 6.45) is 2.76. The van der Waals surface area contributed by atoms with Gasteiger partial charge in [-0.15, -0.1) is 0 Å². The molecule has 2 nitrogen and oxygen atoms in total. The van der Waals surface area contributed by atoms with E-state index < -0.39 is 0 Å². The van der Waals surface area contributed by atoms with Gasteiger partial charge in [0.1, 0.15) is 11.3 Å². The molecule has 1 aliphatic rings. The molecule has 0 saturated carbocycles. The summed E-state index contributed by atoms with van der Waals surface area (Å²) in [6.45, 7) is 5.20. The molecule has 1 aliphatic heterocycles. The maximum atomic E-state index is 5.73. The standard InChI is InChI=1S/C13H14O2/c1-8(2)12-10-4-6-14-11(10)7-9-3-5-15-13(9)12/h4,6-8H,3,5H2,1-2H3. The highest BCUT2D eigenvalue weighted by molar-refractivity contribution is 5.85. The van der Waals surface area contributed by atoms with Crippen LogP contribution < -0.4 is 4.74 Å². The summed E-state index contributed by atoms with van der Waals surface area (Å²) in [5, 5.41) is 1.20. The molecule has 0 unspecified atom stereocenters. The van der Waals surface area contributed by atoms with E-state index in [1.165, 1.54) is 16.5 Å². The fourth-order valence-corrected chi connectivity index (χ4v) is 2.37. The summed E-state index contributed by atoms with van der Waals surface area (Å²) in [5.74, 6) is 1.57. The Morgan fingerprint density at radius 2 is 2.20 bits per heavy atom. The summed E-state index contributed by atoms with van der Waals surface area (Å²) in [5.41, 5.74) is 3.58. The number of rotatable bonds is 1. The fraction of sp³-hybridized carbons (Fsp3) is 0.385. The zero-order valence-corrected chi connectivity index (χ0v) is 9.04. The van der Waals surface area contributed by atoms with Crippen molar-refractivity contribution in [3.63, 3.8) is 0 Å². The minimum Gasteiger partial charge on any atom is -0.493 e. The molecular formula is C13H14O2. The first-order valence-corrected chi connectivity index (χ1v) is 5.43. The molecule has 2 heteroatoms. The zero-order chi connectivity index (χ0) is 10.4. The fourth-order valence-electron chi connectivity index (χ4n) is 2.37. The predicted molar refractivity (Wildman–Crippen MR) is 59.5 cm³/mol. The van der Waals surface area contributed by atoms with Crippen LogP contribution in [0, 0.1) is 0 Å². The third-order valence-electron chi connectivity index (χ3n) is 3.02. The van der Waals surface area contributed by atoms with Crippen molar-refractivity contribution in [3.8, 4) is 5.75 Å². The summed E-state index contributed by atoms with van der Waals surface area (Å²) < 4.78 is 11.2. The molecule has 0 N–H and O–H groups in total. The Balaban J connectivity index is 2.40. The highest BCUT2D eigenvalue weighted by atomic mass is 16.5. The minimum absolute atomic E-state index is 0.471. The molecule has 15 heavy (non-hydrogen) atoms. The molecule has 78 valence electrons. The second-order valence-corrected chi connectivity index (χ2v) is 4.36. The smallest absolute Gasteiger partial charge is 0.134 e. The highest BCUT2D eigenvalue weighted by Gasteiger charge is 2.22. The predicted octanol–water partition coefficient (Wildman–Crippen LogP) is 3.49. The average molecular weight is 202 g/mol. The molecule has 0 fully saturated rings. The largest absolute Gasteiger partial charge is 0.493 e. The van der Waals surface area contributed by atoms with Crippen molar-refractivity contribution in [3.05, 3.63) is 29.5 Å². The SMILES string of the molecule is CC(C)c1c2c(cc3occc13)CCO2. The molecule has 0 radical (unpaired) electrons. The van der Waals surface area contributed by atoms with Crippen LogP contribution >= 0.6 is 0 Å². The summed E-state index contributed by atoms with van der Waals surface area (Å²) in [7, 11) is 0. The third kappa shape index (κ3) is 1.17. The van der Waals surface area contributed by atoms with E-state index in [2.05, 4.69) is 19.9 Å². The van der Waals surface area contributed by atoms with Gasteiger partial charge in [-0.1, -0.05) is 13.8 Å². The van der Waals surface area contributed by atoms with E-state index in [0.717, 1.165) is 24.4 Å². The Hall–Kier alpha value is -1.44. The lowest BCUT2D eigenvalue weighted by molar-refractivity contribution is 0.352. The van der Waals surface area contributed by atoms with E-state index in [0.29, 0.717) is 5.92 Å². The Labute approximate surface area is 88.8 Å². The van der Waals surface area contributed by atoms with Crippen LogP contribution in [0.2, 0.25) is 0 Å². The molecule has 2 aromatic rings. The molecule has 2 heterocycles. The van der Waals surface area contributed by atoms with Crippen molar-refractivity contribution in [1.82, 2.24) is 0 Å². The Morgan fingerprint density at radius 3 is 3.00 bits per heavy atom. The van der Waals surface area contributed by atoms with E-state index in [1.54, 1.807) is 6.26 Å². The molecule has 3 rings (SSSR count). The van der Waals surface area contributed by atoms with Gasteiger partial charge in [-0.05, 0) is 18.1 Å². The van der Waals surface area contributed by atoms with Gasteiger partial charge in [0.2, 0.25) is 0 Å². The van der Waals surface area contributed by atoms with Crippen LogP contribution in [0.15, 0.2) is 22.8 Å². The van der Waals surface area contributed by atoms with Crippen LogP contribution in [-0.4, -0.2) is 6.61 Å². The van der Waals surface area contributed by atoms with Gasteiger partial charge in [-0.25, -0.2) is 0 Å². The van der Waals surface area contributed by atoms with Crippen molar-refractivity contribution < 1.29 is 9.15 Å². The average Bonchev–Trinajstić information content (AvgIpc) is 2.79. The maximum Gasteiger partial charge on any atom is 0.134 e. The van der Waals surface area contributed by atoms with E-state index in [9.17, 15) is 0 Å². The van der Waals surface area contributed by atoms with Gasteiger partial charge in [-0.2, -0.15) is 0 Å². The van der Waals surface area contributed by atoms with Crippen LogP contribution in [-0.2, 0) is 6.42 Å². The molecule has 0 saturated heterocycles. The Bertz CT molecular complexity index is 508. The van der Waals surface area contributed by atoms with Crippen LogP contribution in [0.4, 0.5) is 0 Å².